The van der Waals surface area contributed by atoms with E-state index in [9.17, 15) is 18.0 Å². The highest BCUT2D eigenvalue weighted by Crippen LogP contribution is 2.32. The monoisotopic (exact) mass is 444 g/mol. The zero-order valence-corrected chi connectivity index (χ0v) is 18.3. The largest absolute Gasteiger partial charge is 0.416 e. The Hall–Kier alpha value is -3.42. The second kappa shape index (κ2) is 9.80. The molecule has 0 aliphatic carbocycles. The number of halogens is 3. The first kappa shape index (κ1) is 23.2. The van der Waals surface area contributed by atoms with E-state index < -0.39 is 11.7 Å². The third-order valence-electron chi connectivity index (χ3n) is 4.90. The van der Waals surface area contributed by atoms with Gasteiger partial charge >= 0.3 is 6.18 Å². The van der Waals surface area contributed by atoms with Gasteiger partial charge in [0.25, 0.3) is 5.91 Å². The molecule has 3 rings (SSSR count). The highest BCUT2D eigenvalue weighted by atomic mass is 19.4. The molecule has 0 aliphatic rings. The number of carbonyl (C=O) groups excluding carboxylic acids is 1. The first-order valence-electron chi connectivity index (χ1n) is 10.4. The molecule has 1 aromatic heterocycles. The molecule has 1 heterocycles. The summed E-state index contributed by atoms with van der Waals surface area (Å²) in [7, 11) is 1.56. The van der Waals surface area contributed by atoms with Crippen molar-refractivity contribution in [3.05, 3.63) is 77.5 Å². The summed E-state index contributed by atoms with van der Waals surface area (Å²) in [5.74, 6) is 0.652. The third kappa shape index (κ3) is 5.63. The van der Waals surface area contributed by atoms with E-state index in [0.717, 1.165) is 17.8 Å². The Labute approximate surface area is 185 Å². The van der Waals surface area contributed by atoms with Gasteiger partial charge in [-0.15, -0.1) is 0 Å². The molecule has 0 saturated heterocycles. The summed E-state index contributed by atoms with van der Waals surface area (Å²) < 4.78 is 40.6. The molecule has 170 valence electrons. The average Bonchev–Trinajstić information content (AvgIpc) is 3.09. The van der Waals surface area contributed by atoms with Crippen molar-refractivity contribution in [1.29, 1.82) is 0 Å². The maximum absolute atomic E-state index is 12.9. The number of amides is 1. The zero-order chi connectivity index (χ0) is 23.3. The third-order valence-corrected chi connectivity index (χ3v) is 4.90. The maximum atomic E-state index is 12.9. The molecule has 0 aliphatic heterocycles. The van der Waals surface area contributed by atoms with Crippen LogP contribution in [-0.4, -0.2) is 24.1 Å². The van der Waals surface area contributed by atoms with Crippen molar-refractivity contribution >= 4 is 23.1 Å². The minimum atomic E-state index is -4.38. The standard InChI is InChI=1S/C24H27F3N4O/c1-16(2)13-29-20-15-31(14-17-9-11-18(12-10-17)24(25,26)27)22(21(20)23(32)28-3)30-19-7-5-4-6-8-19/h4-12,15-16,29-30H,13-14H2,1-3H3,(H,28,32). The Morgan fingerprint density at radius 2 is 1.69 bits per heavy atom. The summed E-state index contributed by atoms with van der Waals surface area (Å²) in [5.41, 5.74) is 1.89. The van der Waals surface area contributed by atoms with Gasteiger partial charge in [0, 0.05) is 32.0 Å². The van der Waals surface area contributed by atoms with Gasteiger partial charge in [-0.3, -0.25) is 4.79 Å². The fraction of sp³-hybridized carbons (Fsp3) is 0.292. The van der Waals surface area contributed by atoms with Crippen LogP contribution in [0.5, 0.6) is 0 Å². The van der Waals surface area contributed by atoms with E-state index in [2.05, 4.69) is 29.8 Å². The number of nitrogens with one attached hydrogen (secondary N) is 3. The summed E-state index contributed by atoms with van der Waals surface area (Å²) >= 11 is 0. The number of carbonyl (C=O) groups is 1. The molecule has 0 bridgehead atoms. The first-order chi connectivity index (χ1) is 15.2. The van der Waals surface area contributed by atoms with Crippen LogP contribution in [0.2, 0.25) is 0 Å². The molecular formula is C24H27F3N4O. The van der Waals surface area contributed by atoms with Crippen LogP contribution in [0.3, 0.4) is 0 Å². The molecule has 0 fully saturated rings. The molecule has 0 saturated carbocycles. The molecule has 3 aromatic rings. The second-order valence-corrected chi connectivity index (χ2v) is 7.93. The normalized spacial score (nSPS) is 11.5. The summed E-state index contributed by atoms with van der Waals surface area (Å²) in [4.78, 5) is 12.8. The first-order valence-corrected chi connectivity index (χ1v) is 10.4. The van der Waals surface area contributed by atoms with Gasteiger partial charge in [0.1, 0.15) is 11.4 Å². The van der Waals surface area contributed by atoms with E-state index in [1.165, 1.54) is 12.1 Å². The topological polar surface area (TPSA) is 58.1 Å². The Bertz CT molecular complexity index is 1040. The highest BCUT2D eigenvalue weighted by molar-refractivity contribution is 6.05. The van der Waals surface area contributed by atoms with Crippen molar-refractivity contribution in [1.82, 2.24) is 9.88 Å². The van der Waals surface area contributed by atoms with Crippen LogP contribution in [0, 0.1) is 5.92 Å². The summed E-state index contributed by atoms with van der Waals surface area (Å²) in [5, 5.41) is 9.30. The van der Waals surface area contributed by atoms with Gasteiger partial charge in [0.2, 0.25) is 0 Å². The lowest BCUT2D eigenvalue weighted by Gasteiger charge is -2.14. The molecule has 32 heavy (non-hydrogen) atoms. The van der Waals surface area contributed by atoms with E-state index >= 15 is 0 Å². The minimum Gasteiger partial charge on any atom is -0.383 e. The molecule has 0 radical (unpaired) electrons. The van der Waals surface area contributed by atoms with E-state index in [1.54, 1.807) is 7.05 Å². The van der Waals surface area contributed by atoms with Gasteiger partial charge in [-0.1, -0.05) is 44.2 Å². The van der Waals surface area contributed by atoms with Gasteiger partial charge in [-0.2, -0.15) is 13.2 Å². The Kier molecular flexibility index (Phi) is 7.12. The van der Waals surface area contributed by atoms with Crippen molar-refractivity contribution in [2.45, 2.75) is 26.6 Å². The lowest BCUT2D eigenvalue weighted by Crippen LogP contribution is -2.21. The number of rotatable bonds is 8. The van der Waals surface area contributed by atoms with E-state index in [-0.39, 0.29) is 5.91 Å². The van der Waals surface area contributed by atoms with Crippen LogP contribution >= 0.6 is 0 Å². The zero-order valence-electron chi connectivity index (χ0n) is 18.3. The number of hydrogen-bond donors (Lipinski definition) is 3. The molecule has 1 amide bonds. The van der Waals surface area contributed by atoms with E-state index in [0.29, 0.717) is 41.6 Å². The molecule has 5 nitrogen and oxygen atoms in total. The Balaban J connectivity index is 2.03. The lowest BCUT2D eigenvalue weighted by atomic mass is 10.1. The fourth-order valence-electron chi connectivity index (χ4n) is 3.27. The van der Waals surface area contributed by atoms with Crippen molar-refractivity contribution in [3.8, 4) is 0 Å². The number of nitrogens with zero attached hydrogens (tertiary/aromatic N) is 1. The smallest absolute Gasteiger partial charge is 0.383 e. The predicted octanol–water partition coefficient (Wildman–Crippen LogP) is 5.73. The summed E-state index contributed by atoms with van der Waals surface area (Å²) in [6, 6.07) is 14.5. The van der Waals surface area contributed by atoms with Crippen LogP contribution in [0.25, 0.3) is 0 Å². The number of benzene rings is 2. The Morgan fingerprint density at radius 1 is 1.03 bits per heavy atom. The summed E-state index contributed by atoms with van der Waals surface area (Å²) in [6.07, 6.45) is -2.57. The number of anilines is 3. The molecule has 2 aromatic carbocycles. The van der Waals surface area contributed by atoms with Crippen LogP contribution in [0.15, 0.2) is 60.8 Å². The predicted molar refractivity (Wildman–Crippen MR) is 121 cm³/mol. The van der Waals surface area contributed by atoms with E-state index in [4.69, 9.17) is 0 Å². The quantitative estimate of drug-likeness (QED) is 0.416. The van der Waals surface area contributed by atoms with Crippen LogP contribution < -0.4 is 16.0 Å². The highest BCUT2D eigenvalue weighted by Gasteiger charge is 2.30. The molecular weight excluding hydrogens is 417 g/mol. The number of alkyl halides is 3. The summed E-state index contributed by atoms with van der Waals surface area (Å²) in [6.45, 7) is 5.09. The van der Waals surface area contributed by atoms with Crippen molar-refractivity contribution in [2.24, 2.45) is 5.92 Å². The van der Waals surface area contributed by atoms with Crippen LogP contribution in [0.4, 0.5) is 30.4 Å². The SMILES string of the molecule is CNC(=O)c1c(NCC(C)C)cn(Cc2ccc(C(F)(F)F)cc2)c1Nc1ccccc1. The van der Waals surface area contributed by atoms with Gasteiger partial charge < -0.3 is 20.5 Å². The Morgan fingerprint density at radius 3 is 2.25 bits per heavy atom. The van der Waals surface area contributed by atoms with Gasteiger partial charge in [-0.05, 0) is 35.7 Å². The molecule has 3 N–H and O–H groups in total. The van der Waals surface area contributed by atoms with Gasteiger partial charge in [-0.25, -0.2) is 0 Å². The van der Waals surface area contributed by atoms with Crippen LogP contribution in [0.1, 0.15) is 35.3 Å². The maximum Gasteiger partial charge on any atom is 0.416 e. The van der Waals surface area contributed by atoms with Crippen molar-refractivity contribution < 1.29 is 18.0 Å². The van der Waals surface area contributed by atoms with Gasteiger partial charge in [0.15, 0.2) is 0 Å². The second-order valence-electron chi connectivity index (χ2n) is 7.93. The number of hydrogen-bond acceptors (Lipinski definition) is 3. The molecule has 8 heteroatoms. The van der Waals surface area contributed by atoms with Crippen LogP contribution in [-0.2, 0) is 12.7 Å². The lowest BCUT2D eigenvalue weighted by molar-refractivity contribution is -0.137. The number of aromatic nitrogens is 1. The van der Waals surface area contributed by atoms with Crippen molar-refractivity contribution in [3.63, 3.8) is 0 Å². The molecule has 0 unspecified atom stereocenters. The molecule has 0 spiro atoms. The minimum absolute atomic E-state index is 0.263. The van der Waals surface area contributed by atoms with E-state index in [1.807, 2.05) is 41.1 Å². The number of para-hydroxylation sites is 1. The van der Waals surface area contributed by atoms with Crippen molar-refractivity contribution in [2.75, 3.05) is 24.2 Å². The van der Waals surface area contributed by atoms with Gasteiger partial charge in [0.05, 0.1) is 11.3 Å². The molecule has 0 atom stereocenters. The average molecular weight is 445 g/mol. The fourth-order valence-corrected chi connectivity index (χ4v) is 3.27.